The van der Waals surface area contributed by atoms with Gasteiger partial charge in [-0.05, 0) is 0 Å². The van der Waals surface area contributed by atoms with Crippen molar-refractivity contribution in [2.45, 2.75) is 266 Å². The van der Waals surface area contributed by atoms with Crippen LogP contribution in [0, 0.1) is 0 Å². The molecule has 44 heteroatoms. The van der Waals surface area contributed by atoms with Crippen molar-refractivity contribution >= 4 is 17.7 Å². The first-order valence-corrected chi connectivity index (χ1v) is 31.1. The van der Waals surface area contributed by atoms with Crippen molar-refractivity contribution in [3.8, 4) is 0 Å². The number of carbonyl (C=O) groups excluding carboxylic acids is 3. The highest BCUT2D eigenvalue weighted by atomic mass is 16.8. The predicted molar refractivity (Wildman–Crippen MR) is 299 cm³/mol. The first-order chi connectivity index (χ1) is 46.4. The summed E-state index contributed by atoms with van der Waals surface area (Å²) in [5.41, 5.74) is 0. The van der Waals surface area contributed by atoms with Crippen molar-refractivity contribution in [2.75, 3.05) is 52.9 Å². The third kappa shape index (κ3) is 17.5. The van der Waals surface area contributed by atoms with Crippen LogP contribution in [0.4, 0.5) is 0 Å². The Hall–Kier alpha value is -3.11. The molecule has 0 spiro atoms. The molecule has 1 unspecified atom stereocenters. The van der Waals surface area contributed by atoms with E-state index in [0.29, 0.717) is 0 Å². The highest BCUT2D eigenvalue weighted by molar-refractivity contribution is 5.74. The largest absolute Gasteiger partial charge is 0.394 e. The van der Waals surface area contributed by atoms with E-state index in [1.54, 1.807) is 0 Å². The van der Waals surface area contributed by atoms with Gasteiger partial charge < -0.3 is 204 Å². The number of ether oxygens (including phenoxy) is 15. The summed E-state index contributed by atoms with van der Waals surface area (Å²) in [5.74, 6) is -2.66. The Morgan fingerprint density at radius 2 is 0.520 bits per heavy atom. The Bertz CT molecular complexity index is 2510. The monoisotopic (exact) mass is 1440 g/mol. The Kier molecular flexibility index (Phi) is 28.9. The number of hydrogen-bond acceptors (Lipinski definition) is 41. The number of aliphatic hydroxyl groups is 23. The molecule has 0 aromatic heterocycles. The van der Waals surface area contributed by atoms with E-state index in [9.17, 15) is 132 Å². The summed E-state index contributed by atoms with van der Waals surface area (Å²) in [5, 5.41) is 258. The maximum absolute atomic E-state index is 13.0. The summed E-state index contributed by atoms with van der Waals surface area (Å²) in [6, 6.07) is -5.48. The van der Waals surface area contributed by atoms with Gasteiger partial charge in [-0.3, -0.25) is 14.4 Å². The lowest BCUT2D eigenvalue weighted by molar-refractivity contribution is -0.388. The second kappa shape index (κ2) is 35.1. The van der Waals surface area contributed by atoms with Gasteiger partial charge in [0.15, 0.2) is 50.3 Å². The van der Waals surface area contributed by atoms with Gasteiger partial charge >= 0.3 is 0 Å². The molecular weight excluding hydrogens is 1350 g/mol. The number of nitrogens with one attached hydrogen (secondary N) is 3. The fourth-order valence-corrected chi connectivity index (χ4v) is 12.6. The van der Waals surface area contributed by atoms with Crippen molar-refractivity contribution < 1.29 is 203 Å². The zero-order valence-corrected chi connectivity index (χ0v) is 52.4. The van der Waals surface area contributed by atoms with Crippen molar-refractivity contribution in [3.05, 3.63) is 0 Å². The average molecular weight is 1440 g/mol. The Morgan fingerprint density at radius 1 is 0.265 bits per heavy atom. The Morgan fingerprint density at radius 3 is 0.878 bits per heavy atom. The van der Waals surface area contributed by atoms with E-state index in [-0.39, 0.29) is 0 Å². The second-order valence-corrected chi connectivity index (χ2v) is 24.6. The van der Waals surface area contributed by atoms with Crippen LogP contribution in [0.3, 0.4) is 0 Å². The van der Waals surface area contributed by atoms with Crippen molar-refractivity contribution in [1.82, 2.24) is 16.0 Å². The van der Waals surface area contributed by atoms with E-state index in [1.165, 1.54) is 0 Å². The van der Waals surface area contributed by atoms with Crippen molar-refractivity contribution in [3.63, 3.8) is 0 Å². The van der Waals surface area contributed by atoms with Crippen molar-refractivity contribution in [1.29, 1.82) is 0 Å². The number of amides is 3. The maximum Gasteiger partial charge on any atom is 0.217 e. The summed E-state index contributed by atoms with van der Waals surface area (Å²) in [4.78, 5) is 38.0. The molecule has 0 bridgehead atoms. The summed E-state index contributed by atoms with van der Waals surface area (Å²) in [6.07, 6.45) is -73.8. The van der Waals surface area contributed by atoms with Gasteiger partial charge in [0.25, 0.3) is 0 Å². The van der Waals surface area contributed by atoms with E-state index in [2.05, 4.69) is 16.0 Å². The SMILES string of the molecule is CC(=O)N[C@H]1[C@H](OC[C@H]2O[C@@H](O[C@H]3[C@H](O)[C@@H](NC(C)=O)C(O)O[C@@H]3CO)[C@H](O)[C@@H](O[C@@H]3O[C@H](CO)[C@@H](O[C@@H]4O[C@H](CO)[C@H](O)[C@H](O[C@H]5O[C@H](CO)[C@H](O)[C@H](O)[C@H]5O)[C@H]4O)[C@H](O)[C@H]3NC(C)=O)[C@H]2O)O[C@H](CO)[C@@H](O[C@@H]2O[C@H](CO)[C@H](O)[C@H](O[C@H]3O[C@H](CO)[C@H](O)[C@H](O)[C@H]3O)[C@H]2O)[C@@H]1O. The molecule has 3 amide bonds. The van der Waals surface area contributed by atoms with Gasteiger partial charge in [-0.25, -0.2) is 0 Å². The summed E-state index contributed by atoms with van der Waals surface area (Å²) < 4.78 is 86.7. The Balaban J connectivity index is 1.05. The highest BCUT2D eigenvalue weighted by Crippen LogP contribution is 2.39. The van der Waals surface area contributed by atoms with Crippen LogP contribution in [-0.2, 0) is 85.4 Å². The molecular formula is C54H91N3O41. The molecule has 26 N–H and O–H groups in total. The molecule has 40 atom stereocenters. The lowest BCUT2D eigenvalue weighted by Gasteiger charge is -2.51. The lowest BCUT2D eigenvalue weighted by Crippen LogP contribution is -2.70. The predicted octanol–water partition coefficient (Wildman–Crippen LogP) is -18.0. The molecule has 8 aliphatic rings. The van der Waals surface area contributed by atoms with Crippen LogP contribution in [0.1, 0.15) is 20.8 Å². The summed E-state index contributed by atoms with van der Waals surface area (Å²) >= 11 is 0. The highest BCUT2D eigenvalue weighted by Gasteiger charge is 2.60. The minimum atomic E-state index is -2.38. The third-order valence-corrected chi connectivity index (χ3v) is 17.8. The number of rotatable bonds is 25. The topological polar surface area (TPSA) is 691 Å². The molecule has 8 heterocycles. The van der Waals surface area contributed by atoms with E-state index in [4.69, 9.17) is 71.1 Å². The number of aliphatic hydroxyl groups excluding tert-OH is 23. The molecule has 8 rings (SSSR count). The molecule has 0 saturated carbocycles. The summed E-state index contributed by atoms with van der Waals surface area (Å²) in [6.45, 7) is -5.31. The first kappa shape index (κ1) is 80.6. The molecule has 8 fully saturated rings. The van der Waals surface area contributed by atoms with Gasteiger partial charge in [0.05, 0.1) is 52.9 Å². The average Bonchev–Trinajstić information content (AvgIpc) is 0.778. The zero-order valence-electron chi connectivity index (χ0n) is 52.4. The van der Waals surface area contributed by atoms with Gasteiger partial charge in [-0.15, -0.1) is 0 Å². The fraction of sp³-hybridized carbons (Fsp3) is 0.944. The van der Waals surface area contributed by atoms with Gasteiger partial charge in [-0.1, -0.05) is 0 Å². The van der Waals surface area contributed by atoms with Crippen molar-refractivity contribution in [2.24, 2.45) is 0 Å². The molecule has 568 valence electrons. The fourth-order valence-electron chi connectivity index (χ4n) is 12.6. The molecule has 8 saturated heterocycles. The number of carbonyl (C=O) groups is 3. The minimum Gasteiger partial charge on any atom is -0.394 e. The zero-order chi connectivity index (χ0) is 72.2. The van der Waals surface area contributed by atoms with Crippen LogP contribution < -0.4 is 16.0 Å². The van der Waals surface area contributed by atoms with E-state index in [0.717, 1.165) is 20.8 Å². The maximum atomic E-state index is 13.0. The van der Waals surface area contributed by atoms with Crippen LogP contribution in [-0.4, -0.2) is 433 Å². The van der Waals surface area contributed by atoms with Gasteiger partial charge in [0, 0.05) is 20.8 Å². The molecule has 44 nitrogen and oxygen atoms in total. The minimum absolute atomic E-state index is 0.809. The van der Waals surface area contributed by atoms with Crippen LogP contribution in [0.15, 0.2) is 0 Å². The van der Waals surface area contributed by atoms with E-state index < -0.39 is 316 Å². The molecule has 8 aliphatic heterocycles. The number of hydrogen-bond donors (Lipinski definition) is 26. The smallest absolute Gasteiger partial charge is 0.217 e. The van der Waals surface area contributed by atoms with Crippen LogP contribution >= 0.6 is 0 Å². The van der Waals surface area contributed by atoms with E-state index in [1.807, 2.05) is 0 Å². The third-order valence-electron chi connectivity index (χ3n) is 17.8. The van der Waals surface area contributed by atoms with Gasteiger partial charge in [0.2, 0.25) is 17.7 Å². The van der Waals surface area contributed by atoms with E-state index >= 15 is 0 Å². The molecule has 0 aliphatic carbocycles. The molecule has 98 heavy (non-hydrogen) atoms. The lowest BCUT2D eigenvalue weighted by atomic mass is 9.94. The normalized spacial score (nSPS) is 49.5. The van der Waals surface area contributed by atoms with Crippen LogP contribution in [0.2, 0.25) is 0 Å². The quantitative estimate of drug-likeness (QED) is 0.0404. The standard InChI is InChI=1S/C54H91N3O41/c1-12(65)55-23-31(73)41(19(8-62)85-47(23)83)93-54-40(82)46(96-49-25(57-14(3)67)33(75)43(21(10-64)91-49)95-53-39(81)45(29(71)18(7-61)89-53)98-51-37(79)35(77)27(69)16(5-59)87-51)30(72)22(92-54)11-84-48-24(56-13(2)66)32(74)42(20(9-63)90-48)94-52-38(80)44(28(70)17(6-60)88-52)97-50-36(78)34(76)26(68)15(4-58)86-50/h15-54,58-64,68-83H,4-11H2,1-3H3,(H,55,65)(H,56,66)(H,57,67)/t15-,16-,17-,18-,19-,20-,21-,22-,23-,24-,25-,26+,27+,28+,29+,30+,31-,32-,33-,34+,35+,36-,37-,38-,39-,40-,41-,42-,43-,44+,45+,46+,47?,48-,49+,50-,51-,52+,53+,54+/m1/s1. The van der Waals surface area contributed by atoms with Crippen LogP contribution in [0.5, 0.6) is 0 Å². The van der Waals surface area contributed by atoms with Crippen LogP contribution in [0.25, 0.3) is 0 Å². The first-order valence-electron chi connectivity index (χ1n) is 31.1. The molecule has 0 aromatic carbocycles. The second-order valence-electron chi connectivity index (χ2n) is 24.6. The summed E-state index contributed by atoms with van der Waals surface area (Å²) in [7, 11) is 0. The van der Waals surface area contributed by atoms with Gasteiger partial charge in [0.1, 0.15) is 195 Å². The Labute approximate surface area is 554 Å². The molecule has 0 radical (unpaired) electrons. The van der Waals surface area contributed by atoms with Gasteiger partial charge in [-0.2, -0.15) is 0 Å². The molecule has 0 aromatic rings.